The van der Waals surface area contributed by atoms with Crippen molar-refractivity contribution in [2.45, 2.75) is 30.3 Å². The standard InChI is InChI=1S/C27H29N3O3S/c1-19(26(31)28-16-15-20-13-14-24(32-2)25(17-20)33-3)34-27-29-22-11-7-8-12-23(22)30(27)18-21-9-5-4-6-10-21/h4-14,17,19H,15-16,18H2,1-3H3,(H,28,31)/t19-/m0/s1. The predicted octanol–water partition coefficient (Wildman–Crippen LogP) is 4.94. The van der Waals surface area contributed by atoms with Gasteiger partial charge in [0.15, 0.2) is 16.7 Å². The van der Waals surface area contributed by atoms with E-state index in [1.54, 1.807) is 14.2 Å². The van der Waals surface area contributed by atoms with Gasteiger partial charge in [-0.25, -0.2) is 4.98 Å². The number of imidazole rings is 1. The van der Waals surface area contributed by atoms with Gasteiger partial charge in [0.05, 0.1) is 37.0 Å². The largest absolute Gasteiger partial charge is 0.493 e. The van der Waals surface area contributed by atoms with Crippen LogP contribution in [0, 0.1) is 0 Å². The highest BCUT2D eigenvalue weighted by Crippen LogP contribution is 2.29. The van der Waals surface area contributed by atoms with Gasteiger partial charge in [0.2, 0.25) is 5.91 Å². The molecule has 0 fully saturated rings. The average Bonchev–Trinajstić information content (AvgIpc) is 3.21. The molecule has 0 radical (unpaired) electrons. The van der Waals surface area contributed by atoms with Gasteiger partial charge in [0.25, 0.3) is 0 Å². The Morgan fingerprint density at radius 1 is 0.971 bits per heavy atom. The van der Waals surface area contributed by atoms with Crippen molar-refractivity contribution in [3.05, 3.63) is 83.9 Å². The maximum absolute atomic E-state index is 12.8. The number of para-hydroxylation sites is 2. The van der Waals surface area contributed by atoms with Gasteiger partial charge in [0, 0.05) is 6.54 Å². The predicted molar refractivity (Wildman–Crippen MR) is 137 cm³/mol. The summed E-state index contributed by atoms with van der Waals surface area (Å²) in [7, 11) is 3.23. The van der Waals surface area contributed by atoms with E-state index in [2.05, 4.69) is 28.1 Å². The molecule has 3 aromatic carbocycles. The summed E-state index contributed by atoms with van der Waals surface area (Å²) in [6.45, 7) is 3.17. The summed E-state index contributed by atoms with van der Waals surface area (Å²) in [5, 5.41) is 3.61. The van der Waals surface area contributed by atoms with Crippen LogP contribution in [0.4, 0.5) is 0 Å². The molecule has 176 valence electrons. The number of ether oxygens (including phenoxy) is 2. The van der Waals surface area contributed by atoms with Crippen LogP contribution in [-0.4, -0.2) is 41.5 Å². The minimum absolute atomic E-state index is 0.0104. The molecule has 4 rings (SSSR count). The SMILES string of the molecule is COc1ccc(CCNC(=O)[C@H](C)Sc2nc3ccccc3n2Cc2ccccc2)cc1OC. The first-order valence-electron chi connectivity index (χ1n) is 11.2. The second kappa shape index (κ2) is 11.1. The van der Waals surface area contributed by atoms with Crippen LogP contribution in [-0.2, 0) is 17.8 Å². The molecule has 0 aliphatic heterocycles. The van der Waals surface area contributed by atoms with E-state index in [4.69, 9.17) is 14.5 Å². The molecule has 0 saturated heterocycles. The molecule has 1 heterocycles. The zero-order chi connectivity index (χ0) is 23.9. The number of benzene rings is 3. The molecular formula is C27H29N3O3S. The van der Waals surface area contributed by atoms with Crippen LogP contribution in [0.25, 0.3) is 11.0 Å². The van der Waals surface area contributed by atoms with Crippen LogP contribution in [0.3, 0.4) is 0 Å². The second-order valence-electron chi connectivity index (χ2n) is 7.95. The molecule has 0 aliphatic carbocycles. The third kappa shape index (κ3) is 5.54. The quantitative estimate of drug-likeness (QED) is 0.329. The fraction of sp³-hybridized carbons (Fsp3) is 0.259. The first-order chi connectivity index (χ1) is 16.6. The number of hydrogen-bond donors (Lipinski definition) is 1. The number of fused-ring (bicyclic) bond motifs is 1. The molecule has 34 heavy (non-hydrogen) atoms. The number of carbonyl (C=O) groups is 1. The summed E-state index contributed by atoms with van der Waals surface area (Å²) in [6, 6.07) is 24.2. The molecule has 4 aromatic rings. The zero-order valence-electron chi connectivity index (χ0n) is 19.7. The van der Waals surface area contributed by atoms with Crippen molar-refractivity contribution in [2.75, 3.05) is 20.8 Å². The number of nitrogens with zero attached hydrogens (tertiary/aromatic N) is 2. The maximum atomic E-state index is 12.8. The van der Waals surface area contributed by atoms with Crippen molar-refractivity contribution in [3.8, 4) is 11.5 Å². The Morgan fingerprint density at radius 2 is 1.71 bits per heavy atom. The Kier molecular flexibility index (Phi) is 7.75. The Labute approximate surface area is 204 Å². The molecule has 1 aromatic heterocycles. The van der Waals surface area contributed by atoms with Gasteiger partial charge in [-0.15, -0.1) is 0 Å². The molecule has 7 heteroatoms. The third-order valence-corrected chi connectivity index (χ3v) is 6.71. The molecule has 1 amide bonds. The van der Waals surface area contributed by atoms with Crippen molar-refractivity contribution in [1.29, 1.82) is 0 Å². The Morgan fingerprint density at radius 3 is 2.47 bits per heavy atom. The van der Waals surface area contributed by atoms with Gasteiger partial charge in [0.1, 0.15) is 0 Å². The number of nitrogens with one attached hydrogen (secondary N) is 1. The number of aromatic nitrogens is 2. The highest BCUT2D eigenvalue weighted by Gasteiger charge is 2.19. The average molecular weight is 476 g/mol. The lowest BCUT2D eigenvalue weighted by atomic mass is 10.1. The van der Waals surface area contributed by atoms with Crippen LogP contribution in [0.2, 0.25) is 0 Å². The van der Waals surface area contributed by atoms with E-state index in [-0.39, 0.29) is 11.2 Å². The number of hydrogen-bond acceptors (Lipinski definition) is 5. The van der Waals surface area contributed by atoms with E-state index < -0.39 is 0 Å². The minimum atomic E-state index is -0.281. The smallest absolute Gasteiger partial charge is 0.233 e. The van der Waals surface area contributed by atoms with E-state index in [0.29, 0.717) is 31.0 Å². The molecular weight excluding hydrogens is 446 g/mol. The minimum Gasteiger partial charge on any atom is -0.493 e. The monoisotopic (exact) mass is 475 g/mol. The molecule has 1 N–H and O–H groups in total. The van der Waals surface area contributed by atoms with Crippen molar-refractivity contribution < 1.29 is 14.3 Å². The first-order valence-corrected chi connectivity index (χ1v) is 12.1. The number of thioether (sulfide) groups is 1. The molecule has 0 spiro atoms. The summed E-state index contributed by atoms with van der Waals surface area (Å²) in [5.41, 5.74) is 4.26. The van der Waals surface area contributed by atoms with Crippen LogP contribution >= 0.6 is 11.8 Å². The van der Waals surface area contributed by atoms with Crippen molar-refractivity contribution in [3.63, 3.8) is 0 Å². The van der Waals surface area contributed by atoms with E-state index in [1.165, 1.54) is 17.3 Å². The summed E-state index contributed by atoms with van der Waals surface area (Å²) >= 11 is 1.48. The van der Waals surface area contributed by atoms with Gasteiger partial charge >= 0.3 is 0 Å². The van der Waals surface area contributed by atoms with Gasteiger partial charge in [-0.2, -0.15) is 0 Å². The third-order valence-electron chi connectivity index (χ3n) is 5.62. The number of amides is 1. The molecule has 6 nitrogen and oxygen atoms in total. The summed E-state index contributed by atoms with van der Waals surface area (Å²) in [5.74, 6) is 1.37. The number of methoxy groups -OCH3 is 2. The van der Waals surface area contributed by atoms with Crippen molar-refractivity contribution >= 4 is 28.7 Å². The Bertz CT molecular complexity index is 1260. The maximum Gasteiger partial charge on any atom is 0.233 e. The lowest BCUT2D eigenvalue weighted by Crippen LogP contribution is -2.32. The first kappa shape index (κ1) is 23.7. The zero-order valence-corrected chi connectivity index (χ0v) is 20.5. The van der Waals surface area contributed by atoms with Crippen LogP contribution in [0.15, 0.2) is 78.0 Å². The number of rotatable bonds is 10. The highest BCUT2D eigenvalue weighted by molar-refractivity contribution is 8.00. The molecule has 0 aliphatic rings. The second-order valence-corrected chi connectivity index (χ2v) is 9.25. The van der Waals surface area contributed by atoms with Crippen molar-refractivity contribution in [1.82, 2.24) is 14.9 Å². The van der Waals surface area contributed by atoms with Gasteiger partial charge < -0.3 is 19.4 Å². The lowest BCUT2D eigenvalue weighted by Gasteiger charge is -2.14. The Hall–Kier alpha value is -3.45. The van der Waals surface area contributed by atoms with E-state index >= 15 is 0 Å². The lowest BCUT2D eigenvalue weighted by molar-refractivity contribution is -0.120. The van der Waals surface area contributed by atoms with Crippen LogP contribution < -0.4 is 14.8 Å². The topological polar surface area (TPSA) is 65.4 Å². The molecule has 0 bridgehead atoms. The van der Waals surface area contributed by atoms with Crippen molar-refractivity contribution in [2.24, 2.45) is 0 Å². The van der Waals surface area contributed by atoms with Gasteiger partial charge in [-0.3, -0.25) is 4.79 Å². The number of carbonyl (C=O) groups excluding carboxylic acids is 1. The van der Waals surface area contributed by atoms with Crippen LogP contribution in [0.1, 0.15) is 18.1 Å². The van der Waals surface area contributed by atoms with Gasteiger partial charge in [-0.1, -0.05) is 60.3 Å². The van der Waals surface area contributed by atoms with Gasteiger partial charge in [-0.05, 0) is 48.7 Å². The Balaban J connectivity index is 1.41. The normalized spacial score (nSPS) is 11.9. The van der Waals surface area contributed by atoms with Crippen LogP contribution in [0.5, 0.6) is 11.5 Å². The van der Waals surface area contributed by atoms with E-state index in [9.17, 15) is 4.79 Å². The highest BCUT2D eigenvalue weighted by atomic mass is 32.2. The fourth-order valence-electron chi connectivity index (χ4n) is 3.78. The molecule has 1 atom stereocenters. The summed E-state index contributed by atoms with van der Waals surface area (Å²) in [6.07, 6.45) is 0.704. The van der Waals surface area contributed by atoms with E-state index in [0.717, 1.165) is 21.8 Å². The molecule has 0 saturated carbocycles. The fourth-order valence-corrected chi connectivity index (χ4v) is 4.73. The van der Waals surface area contributed by atoms with E-state index in [1.807, 2.05) is 61.5 Å². The summed E-state index contributed by atoms with van der Waals surface area (Å²) < 4.78 is 12.8. The molecule has 0 unspecified atom stereocenters. The summed E-state index contributed by atoms with van der Waals surface area (Å²) in [4.78, 5) is 17.6.